The standard InChI is InChI=1S/C12H13NO2S/c14-5-8-1-2-9-4-12(15-11(9)3-8)10-6-16-7-13-10/h4,6-8,14H,1-3,5H2. The highest BCUT2D eigenvalue weighted by Crippen LogP contribution is 2.32. The van der Waals surface area contributed by atoms with E-state index in [0.717, 1.165) is 36.5 Å². The van der Waals surface area contributed by atoms with Gasteiger partial charge >= 0.3 is 0 Å². The quantitative estimate of drug-likeness (QED) is 0.870. The van der Waals surface area contributed by atoms with Gasteiger partial charge in [-0.2, -0.15) is 0 Å². The Bertz CT molecular complexity index is 475. The number of rotatable bonds is 2. The number of fused-ring (bicyclic) bond motifs is 1. The molecule has 1 atom stereocenters. The Hall–Kier alpha value is -1.13. The van der Waals surface area contributed by atoms with E-state index in [-0.39, 0.29) is 6.61 Å². The van der Waals surface area contributed by atoms with Crippen LogP contribution in [0.25, 0.3) is 11.5 Å². The van der Waals surface area contributed by atoms with Crippen molar-refractivity contribution in [2.45, 2.75) is 19.3 Å². The first-order valence-corrected chi connectivity index (χ1v) is 6.42. The first-order chi connectivity index (χ1) is 7.86. The lowest BCUT2D eigenvalue weighted by atomic mass is 9.89. The van der Waals surface area contributed by atoms with E-state index in [9.17, 15) is 0 Å². The van der Waals surface area contributed by atoms with Crippen molar-refractivity contribution in [3.05, 3.63) is 28.3 Å². The van der Waals surface area contributed by atoms with Gasteiger partial charge in [0.05, 0.1) is 5.51 Å². The molecule has 4 heteroatoms. The summed E-state index contributed by atoms with van der Waals surface area (Å²) in [5.41, 5.74) is 4.01. The normalized spacial score (nSPS) is 19.7. The van der Waals surface area contributed by atoms with Crippen LogP contribution in [0.5, 0.6) is 0 Å². The van der Waals surface area contributed by atoms with Gasteiger partial charge in [-0.1, -0.05) is 0 Å². The summed E-state index contributed by atoms with van der Waals surface area (Å²) in [5.74, 6) is 2.26. The number of hydrogen-bond acceptors (Lipinski definition) is 4. The summed E-state index contributed by atoms with van der Waals surface area (Å²) in [6.07, 6.45) is 2.92. The summed E-state index contributed by atoms with van der Waals surface area (Å²) < 4.78 is 5.82. The van der Waals surface area contributed by atoms with E-state index in [4.69, 9.17) is 9.52 Å². The molecule has 1 N–H and O–H groups in total. The Balaban J connectivity index is 1.92. The van der Waals surface area contributed by atoms with Gasteiger partial charge in [0.25, 0.3) is 0 Å². The van der Waals surface area contributed by atoms with E-state index in [1.807, 2.05) is 10.9 Å². The second-order valence-electron chi connectivity index (χ2n) is 4.22. The zero-order valence-electron chi connectivity index (χ0n) is 8.85. The summed E-state index contributed by atoms with van der Waals surface area (Å²) in [4.78, 5) is 4.24. The highest BCUT2D eigenvalue weighted by atomic mass is 32.1. The minimum absolute atomic E-state index is 0.256. The number of aryl methyl sites for hydroxylation is 1. The van der Waals surface area contributed by atoms with E-state index < -0.39 is 0 Å². The minimum Gasteiger partial charge on any atom is -0.459 e. The van der Waals surface area contributed by atoms with Crippen LogP contribution < -0.4 is 0 Å². The van der Waals surface area contributed by atoms with Gasteiger partial charge in [0.15, 0.2) is 5.76 Å². The predicted molar refractivity (Wildman–Crippen MR) is 62.4 cm³/mol. The average molecular weight is 235 g/mol. The maximum atomic E-state index is 9.16. The third-order valence-electron chi connectivity index (χ3n) is 3.14. The fraction of sp³-hybridized carbons (Fsp3) is 0.417. The monoisotopic (exact) mass is 235 g/mol. The number of aliphatic hydroxyl groups excluding tert-OH is 1. The van der Waals surface area contributed by atoms with Crippen molar-refractivity contribution in [1.82, 2.24) is 4.98 Å². The Kier molecular flexibility index (Phi) is 2.53. The number of furan rings is 1. The largest absolute Gasteiger partial charge is 0.459 e. The molecule has 2 aromatic rings. The highest BCUT2D eigenvalue weighted by molar-refractivity contribution is 7.07. The van der Waals surface area contributed by atoms with Gasteiger partial charge in [-0.05, 0) is 30.4 Å². The van der Waals surface area contributed by atoms with Crippen LogP contribution in [-0.4, -0.2) is 16.7 Å². The molecule has 2 aromatic heterocycles. The maximum Gasteiger partial charge on any atom is 0.153 e. The van der Waals surface area contributed by atoms with Crippen LogP contribution in [0.3, 0.4) is 0 Å². The first-order valence-electron chi connectivity index (χ1n) is 5.48. The molecule has 1 unspecified atom stereocenters. The van der Waals surface area contributed by atoms with Crippen LogP contribution in [0.15, 0.2) is 21.4 Å². The summed E-state index contributed by atoms with van der Waals surface area (Å²) in [5, 5.41) is 11.1. The SMILES string of the molecule is OCC1CCc2cc(-c3cscn3)oc2C1. The van der Waals surface area contributed by atoms with Crippen molar-refractivity contribution in [3.63, 3.8) is 0 Å². The van der Waals surface area contributed by atoms with E-state index in [1.165, 1.54) is 5.56 Å². The topological polar surface area (TPSA) is 46.3 Å². The van der Waals surface area contributed by atoms with Gasteiger partial charge in [-0.25, -0.2) is 4.98 Å². The van der Waals surface area contributed by atoms with Crippen LogP contribution in [0, 0.1) is 5.92 Å². The summed E-state index contributed by atoms with van der Waals surface area (Å²) in [6, 6.07) is 2.10. The van der Waals surface area contributed by atoms with Crippen LogP contribution in [-0.2, 0) is 12.8 Å². The Morgan fingerprint density at radius 3 is 3.25 bits per heavy atom. The van der Waals surface area contributed by atoms with Gasteiger partial charge in [0.2, 0.25) is 0 Å². The molecule has 2 heterocycles. The number of thiazole rings is 1. The molecule has 1 aliphatic rings. The lowest BCUT2D eigenvalue weighted by Crippen LogP contribution is -2.15. The molecule has 1 aliphatic carbocycles. The third kappa shape index (κ3) is 1.68. The van der Waals surface area contributed by atoms with Crippen LogP contribution in [0.2, 0.25) is 0 Å². The highest BCUT2D eigenvalue weighted by Gasteiger charge is 2.22. The van der Waals surface area contributed by atoms with Gasteiger partial charge in [-0.15, -0.1) is 11.3 Å². The number of hydrogen-bond donors (Lipinski definition) is 1. The van der Waals surface area contributed by atoms with Crippen molar-refractivity contribution >= 4 is 11.3 Å². The molecule has 3 rings (SSSR count). The van der Waals surface area contributed by atoms with Gasteiger partial charge in [-0.3, -0.25) is 0 Å². The molecule has 0 amide bonds. The molecular weight excluding hydrogens is 222 g/mol. The molecule has 0 bridgehead atoms. The first kappa shape index (κ1) is 10.1. The number of aromatic nitrogens is 1. The van der Waals surface area contributed by atoms with E-state index in [1.54, 1.807) is 11.3 Å². The predicted octanol–water partition coefficient (Wildman–Crippen LogP) is 2.50. The van der Waals surface area contributed by atoms with Crippen molar-refractivity contribution in [1.29, 1.82) is 0 Å². The molecule has 0 fully saturated rings. The van der Waals surface area contributed by atoms with Gasteiger partial charge in [0, 0.05) is 18.4 Å². The van der Waals surface area contributed by atoms with Crippen LogP contribution in [0.1, 0.15) is 17.7 Å². The lowest BCUT2D eigenvalue weighted by molar-refractivity contribution is 0.206. The summed E-state index contributed by atoms with van der Waals surface area (Å²) in [6.45, 7) is 0.256. The fourth-order valence-electron chi connectivity index (χ4n) is 2.19. The maximum absolute atomic E-state index is 9.16. The Morgan fingerprint density at radius 2 is 2.50 bits per heavy atom. The van der Waals surface area contributed by atoms with E-state index in [0.29, 0.717) is 5.92 Å². The lowest BCUT2D eigenvalue weighted by Gasteiger charge is -2.18. The third-order valence-corrected chi connectivity index (χ3v) is 3.72. The molecule has 0 saturated carbocycles. The van der Waals surface area contributed by atoms with E-state index >= 15 is 0 Å². The molecular formula is C12H13NO2S. The second kappa shape index (κ2) is 4.03. The molecule has 0 radical (unpaired) electrons. The van der Waals surface area contributed by atoms with Crippen LogP contribution >= 0.6 is 11.3 Å². The van der Waals surface area contributed by atoms with Gasteiger partial charge in [0.1, 0.15) is 11.5 Å². The molecule has 0 aromatic carbocycles. The summed E-state index contributed by atoms with van der Waals surface area (Å²) >= 11 is 1.57. The van der Waals surface area contributed by atoms with Crippen molar-refractivity contribution < 1.29 is 9.52 Å². The Morgan fingerprint density at radius 1 is 1.56 bits per heavy atom. The molecule has 0 spiro atoms. The molecule has 3 nitrogen and oxygen atoms in total. The fourth-order valence-corrected chi connectivity index (χ4v) is 2.73. The van der Waals surface area contributed by atoms with Crippen molar-refractivity contribution in [2.24, 2.45) is 5.92 Å². The number of aliphatic hydroxyl groups is 1. The molecule has 16 heavy (non-hydrogen) atoms. The van der Waals surface area contributed by atoms with Crippen LogP contribution in [0.4, 0.5) is 0 Å². The molecule has 84 valence electrons. The minimum atomic E-state index is 0.256. The van der Waals surface area contributed by atoms with Gasteiger partial charge < -0.3 is 9.52 Å². The summed E-state index contributed by atoms with van der Waals surface area (Å²) in [7, 11) is 0. The zero-order chi connectivity index (χ0) is 11.0. The van der Waals surface area contributed by atoms with Crippen molar-refractivity contribution in [3.8, 4) is 11.5 Å². The molecule has 0 aliphatic heterocycles. The smallest absolute Gasteiger partial charge is 0.153 e. The Labute approximate surface area is 97.8 Å². The van der Waals surface area contributed by atoms with Crippen molar-refractivity contribution in [2.75, 3.05) is 6.61 Å². The molecule has 0 saturated heterocycles. The number of nitrogens with zero attached hydrogens (tertiary/aromatic N) is 1. The second-order valence-corrected chi connectivity index (χ2v) is 4.94. The zero-order valence-corrected chi connectivity index (χ0v) is 9.67. The van der Waals surface area contributed by atoms with E-state index in [2.05, 4.69) is 11.1 Å². The average Bonchev–Trinajstić information content (AvgIpc) is 2.96.